The average molecular weight is 444 g/mol. The molecule has 31 heavy (non-hydrogen) atoms. The molecule has 0 aliphatic carbocycles. The van der Waals surface area contributed by atoms with E-state index in [1.54, 1.807) is 0 Å². The number of hydrogen-bond donors (Lipinski definition) is 1. The first-order valence-corrected chi connectivity index (χ1v) is 12.0. The number of benzene rings is 1. The summed E-state index contributed by atoms with van der Waals surface area (Å²) in [6.45, 7) is 9.91. The van der Waals surface area contributed by atoms with Crippen molar-refractivity contribution < 1.29 is 9.47 Å². The lowest BCUT2D eigenvalue weighted by Crippen LogP contribution is -2.52. The summed E-state index contributed by atoms with van der Waals surface area (Å²) in [4.78, 5) is 11.7. The predicted octanol–water partition coefficient (Wildman–Crippen LogP) is 2.36. The molecule has 0 spiro atoms. The molecule has 4 rings (SSSR count). The van der Waals surface area contributed by atoms with Crippen molar-refractivity contribution in [3.8, 4) is 5.75 Å². The molecule has 0 saturated carbocycles. The van der Waals surface area contributed by atoms with Crippen molar-refractivity contribution in [3.05, 3.63) is 47.3 Å². The molecule has 0 bridgehead atoms. The maximum atomic E-state index is 6.13. The Kier molecular flexibility index (Phi) is 8.04. The smallest absolute Gasteiger partial charge is 0.194 e. The lowest BCUT2D eigenvalue weighted by molar-refractivity contribution is 0.0322. The van der Waals surface area contributed by atoms with E-state index in [1.165, 1.54) is 5.00 Å². The molecule has 1 N–H and O–H groups in total. The maximum Gasteiger partial charge on any atom is 0.194 e. The first kappa shape index (κ1) is 21.9. The van der Waals surface area contributed by atoms with Crippen LogP contribution in [0.1, 0.15) is 5.56 Å². The fourth-order valence-corrected chi connectivity index (χ4v) is 4.78. The first-order valence-electron chi connectivity index (χ1n) is 11.1. The Labute approximate surface area is 189 Å². The fourth-order valence-electron chi connectivity index (χ4n) is 4.00. The minimum Gasteiger partial charge on any atom is -0.492 e. The van der Waals surface area contributed by atoms with Gasteiger partial charge in [-0.25, -0.2) is 0 Å². The van der Waals surface area contributed by atoms with Gasteiger partial charge in [-0.3, -0.25) is 9.89 Å². The third-order valence-corrected chi connectivity index (χ3v) is 6.72. The van der Waals surface area contributed by atoms with Crippen molar-refractivity contribution in [2.75, 3.05) is 77.6 Å². The molecule has 2 saturated heterocycles. The van der Waals surface area contributed by atoms with Crippen LogP contribution in [0, 0.1) is 0 Å². The molecule has 0 atom stereocenters. The molecule has 2 aliphatic heterocycles. The molecular weight excluding hydrogens is 410 g/mol. The Morgan fingerprint density at radius 1 is 1.06 bits per heavy atom. The molecule has 0 radical (unpaired) electrons. The van der Waals surface area contributed by atoms with E-state index in [-0.39, 0.29) is 0 Å². The van der Waals surface area contributed by atoms with Crippen LogP contribution in [0.4, 0.5) is 5.00 Å². The molecular formula is C23H33N5O2S. The van der Waals surface area contributed by atoms with Crippen molar-refractivity contribution in [1.29, 1.82) is 0 Å². The zero-order valence-electron chi connectivity index (χ0n) is 18.3. The van der Waals surface area contributed by atoms with Crippen LogP contribution in [-0.2, 0) is 11.3 Å². The second kappa shape index (κ2) is 11.4. The molecule has 2 aromatic rings. The molecule has 2 aliphatic rings. The Balaban J connectivity index is 1.26. The first-order chi connectivity index (χ1) is 15.3. The summed E-state index contributed by atoms with van der Waals surface area (Å²) in [7, 11) is 1.86. The van der Waals surface area contributed by atoms with Gasteiger partial charge in [0.1, 0.15) is 12.4 Å². The van der Waals surface area contributed by atoms with E-state index in [9.17, 15) is 0 Å². The number of aliphatic imine (C=N–C) groups is 1. The summed E-state index contributed by atoms with van der Waals surface area (Å²) in [5.74, 6) is 1.90. The highest BCUT2D eigenvalue weighted by molar-refractivity contribution is 7.14. The van der Waals surface area contributed by atoms with Crippen LogP contribution in [0.2, 0.25) is 0 Å². The molecule has 2 fully saturated rings. The zero-order chi connectivity index (χ0) is 21.3. The number of piperazine rings is 1. The molecule has 168 valence electrons. The lowest BCUT2D eigenvalue weighted by Gasteiger charge is -2.37. The molecule has 7 nitrogen and oxygen atoms in total. The zero-order valence-corrected chi connectivity index (χ0v) is 19.1. The second-order valence-corrected chi connectivity index (χ2v) is 8.66. The second-order valence-electron chi connectivity index (χ2n) is 7.74. The number of rotatable bonds is 7. The van der Waals surface area contributed by atoms with Crippen molar-refractivity contribution in [2.45, 2.75) is 6.54 Å². The summed E-state index contributed by atoms with van der Waals surface area (Å²) in [5.41, 5.74) is 1.16. The van der Waals surface area contributed by atoms with Gasteiger partial charge in [-0.1, -0.05) is 18.2 Å². The van der Waals surface area contributed by atoms with E-state index >= 15 is 0 Å². The van der Waals surface area contributed by atoms with Crippen LogP contribution in [-0.4, -0.2) is 88.4 Å². The van der Waals surface area contributed by atoms with Crippen molar-refractivity contribution >= 4 is 22.3 Å². The maximum absolute atomic E-state index is 6.13. The summed E-state index contributed by atoms with van der Waals surface area (Å²) in [6, 6.07) is 12.6. The highest BCUT2D eigenvalue weighted by atomic mass is 32.1. The van der Waals surface area contributed by atoms with Crippen LogP contribution in [0.5, 0.6) is 5.75 Å². The summed E-state index contributed by atoms with van der Waals surface area (Å²) in [5, 5.41) is 7.03. The summed E-state index contributed by atoms with van der Waals surface area (Å²) in [6.07, 6.45) is 0. The van der Waals surface area contributed by atoms with Crippen LogP contribution >= 0.6 is 11.3 Å². The Bertz CT molecular complexity index is 815. The lowest BCUT2D eigenvalue weighted by atomic mass is 10.2. The van der Waals surface area contributed by atoms with Gasteiger partial charge in [0.15, 0.2) is 5.96 Å². The van der Waals surface area contributed by atoms with E-state index in [0.29, 0.717) is 13.2 Å². The van der Waals surface area contributed by atoms with Gasteiger partial charge in [-0.2, -0.15) is 0 Å². The molecule has 1 aromatic heterocycles. The van der Waals surface area contributed by atoms with Gasteiger partial charge < -0.3 is 24.6 Å². The quantitative estimate of drug-likeness (QED) is 0.524. The largest absolute Gasteiger partial charge is 0.492 e. The van der Waals surface area contributed by atoms with Gasteiger partial charge in [0, 0.05) is 65.0 Å². The van der Waals surface area contributed by atoms with Crippen LogP contribution in [0.15, 0.2) is 46.8 Å². The number of anilines is 1. The minimum absolute atomic E-state index is 0.691. The van der Waals surface area contributed by atoms with Gasteiger partial charge in [0.25, 0.3) is 0 Å². The minimum atomic E-state index is 0.691. The van der Waals surface area contributed by atoms with E-state index in [2.05, 4.69) is 60.7 Å². The van der Waals surface area contributed by atoms with Crippen LogP contribution < -0.4 is 15.0 Å². The van der Waals surface area contributed by atoms with Gasteiger partial charge in [0.2, 0.25) is 0 Å². The van der Waals surface area contributed by atoms with Gasteiger partial charge in [-0.15, -0.1) is 11.3 Å². The molecule has 3 heterocycles. The number of thiophene rings is 1. The highest BCUT2D eigenvalue weighted by Gasteiger charge is 2.20. The average Bonchev–Trinajstić information content (AvgIpc) is 3.37. The standard InChI is InChI=1S/C23H33N5O2S/c1-24-23(28-10-8-27(9-11-28)22-7-4-18-31-22)25-19-20-5-2-3-6-21(20)30-17-14-26-12-15-29-16-13-26/h2-7,18H,8-17,19H2,1H3,(H,24,25). The van der Waals surface area contributed by atoms with Crippen molar-refractivity contribution in [1.82, 2.24) is 15.1 Å². The third kappa shape index (κ3) is 6.12. The monoisotopic (exact) mass is 443 g/mol. The number of ether oxygens (including phenoxy) is 2. The third-order valence-electron chi connectivity index (χ3n) is 5.79. The number of hydrogen-bond acceptors (Lipinski definition) is 6. The number of guanidine groups is 1. The predicted molar refractivity (Wildman–Crippen MR) is 127 cm³/mol. The van der Waals surface area contributed by atoms with E-state index in [0.717, 1.165) is 76.3 Å². The highest BCUT2D eigenvalue weighted by Crippen LogP contribution is 2.22. The number of nitrogens with one attached hydrogen (secondary N) is 1. The van der Waals surface area contributed by atoms with Gasteiger partial charge >= 0.3 is 0 Å². The van der Waals surface area contributed by atoms with Crippen LogP contribution in [0.25, 0.3) is 0 Å². The van der Waals surface area contributed by atoms with Crippen LogP contribution in [0.3, 0.4) is 0 Å². The van der Waals surface area contributed by atoms with E-state index < -0.39 is 0 Å². The Hall–Kier alpha value is -2.29. The van der Waals surface area contributed by atoms with E-state index in [1.807, 2.05) is 24.5 Å². The number of nitrogens with zero attached hydrogens (tertiary/aromatic N) is 4. The summed E-state index contributed by atoms with van der Waals surface area (Å²) < 4.78 is 11.5. The Morgan fingerprint density at radius 2 is 1.87 bits per heavy atom. The van der Waals surface area contributed by atoms with Gasteiger partial charge in [-0.05, 0) is 23.6 Å². The fraction of sp³-hybridized carbons (Fsp3) is 0.522. The van der Waals surface area contributed by atoms with Gasteiger partial charge in [0.05, 0.1) is 18.2 Å². The number of morpholine rings is 1. The normalized spacial score (nSPS) is 18.3. The SMILES string of the molecule is CN=C(NCc1ccccc1OCCN1CCOCC1)N1CCN(c2cccs2)CC1. The van der Waals surface area contributed by atoms with E-state index in [4.69, 9.17) is 9.47 Å². The molecule has 8 heteroatoms. The van der Waals surface area contributed by atoms with Crippen molar-refractivity contribution in [3.63, 3.8) is 0 Å². The molecule has 0 unspecified atom stereocenters. The Morgan fingerprint density at radius 3 is 2.61 bits per heavy atom. The molecule has 1 aromatic carbocycles. The molecule has 0 amide bonds. The number of para-hydroxylation sites is 1. The summed E-state index contributed by atoms with van der Waals surface area (Å²) >= 11 is 1.81. The van der Waals surface area contributed by atoms with Crippen molar-refractivity contribution in [2.24, 2.45) is 4.99 Å². The topological polar surface area (TPSA) is 52.6 Å².